The predicted octanol–water partition coefficient (Wildman–Crippen LogP) is 0.886. The zero-order chi connectivity index (χ0) is 17.3. The van der Waals surface area contributed by atoms with Gasteiger partial charge in [0.15, 0.2) is 5.65 Å². The Morgan fingerprint density at radius 2 is 2.29 bits per heavy atom. The van der Waals surface area contributed by atoms with Crippen molar-refractivity contribution < 1.29 is 19.4 Å². The highest BCUT2D eigenvalue weighted by Gasteiger charge is 2.31. The Bertz CT molecular complexity index is 780. The molecule has 1 amide bonds. The summed E-state index contributed by atoms with van der Waals surface area (Å²) in [6.45, 7) is 2.82. The SMILES string of the molecule is Cc1nn(C)c2ncc(C(=O)NC(C(=O)O)C3CCCOC3)cc12. The second-order valence-electron chi connectivity index (χ2n) is 6.07. The van der Waals surface area contributed by atoms with E-state index in [1.807, 2.05) is 6.92 Å². The molecule has 1 aliphatic heterocycles. The van der Waals surface area contributed by atoms with E-state index < -0.39 is 17.9 Å². The summed E-state index contributed by atoms with van der Waals surface area (Å²) in [5.74, 6) is -1.73. The third kappa shape index (κ3) is 3.09. The summed E-state index contributed by atoms with van der Waals surface area (Å²) >= 11 is 0. The number of hydrogen-bond acceptors (Lipinski definition) is 5. The Morgan fingerprint density at radius 1 is 1.50 bits per heavy atom. The van der Waals surface area contributed by atoms with E-state index in [0.29, 0.717) is 24.4 Å². The molecule has 1 saturated heterocycles. The first-order valence-electron chi connectivity index (χ1n) is 7.88. The zero-order valence-electron chi connectivity index (χ0n) is 13.7. The highest BCUT2D eigenvalue weighted by molar-refractivity contribution is 5.99. The number of carboxylic acid groups (broad SMARTS) is 1. The van der Waals surface area contributed by atoms with Crippen molar-refractivity contribution in [3.05, 3.63) is 23.5 Å². The largest absolute Gasteiger partial charge is 0.480 e. The number of ether oxygens (including phenoxy) is 1. The zero-order valence-corrected chi connectivity index (χ0v) is 13.7. The maximum absolute atomic E-state index is 12.5. The predicted molar refractivity (Wildman–Crippen MR) is 85.7 cm³/mol. The summed E-state index contributed by atoms with van der Waals surface area (Å²) < 4.78 is 6.98. The Balaban J connectivity index is 1.82. The Labute approximate surface area is 138 Å². The van der Waals surface area contributed by atoms with Gasteiger partial charge in [-0.25, -0.2) is 9.78 Å². The van der Waals surface area contributed by atoms with Crippen molar-refractivity contribution in [2.45, 2.75) is 25.8 Å². The van der Waals surface area contributed by atoms with Gasteiger partial charge in [0.25, 0.3) is 5.91 Å². The number of carbonyl (C=O) groups excluding carboxylic acids is 1. The van der Waals surface area contributed by atoms with Crippen molar-refractivity contribution in [1.29, 1.82) is 0 Å². The first-order valence-corrected chi connectivity index (χ1v) is 7.88. The molecule has 1 fully saturated rings. The van der Waals surface area contributed by atoms with Crippen LogP contribution in [0.2, 0.25) is 0 Å². The second kappa shape index (κ2) is 6.56. The lowest BCUT2D eigenvalue weighted by molar-refractivity contribution is -0.142. The van der Waals surface area contributed by atoms with E-state index >= 15 is 0 Å². The minimum atomic E-state index is -1.05. The molecule has 1 aliphatic rings. The number of carboxylic acids is 1. The van der Waals surface area contributed by atoms with Gasteiger partial charge in [-0.2, -0.15) is 5.10 Å². The van der Waals surface area contributed by atoms with E-state index in [0.717, 1.165) is 23.9 Å². The lowest BCUT2D eigenvalue weighted by Gasteiger charge is -2.28. The lowest BCUT2D eigenvalue weighted by Crippen LogP contribution is -2.48. The Hall–Kier alpha value is -2.48. The smallest absolute Gasteiger partial charge is 0.326 e. The molecular weight excluding hydrogens is 312 g/mol. The quantitative estimate of drug-likeness (QED) is 0.861. The minimum absolute atomic E-state index is 0.225. The molecule has 2 N–H and O–H groups in total. The number of fused-ring (bicyclic) bond motifs is 1. The van der Waals surface area contributed by atoms with Crippen LogP contribution in [-0.2, 0) is 16.6 Å². The highest BCUT2D eigenvalue weighted by Crippen LogP contribution is 2.20. The number of nitrogens with one attached hydrogen (secondary N) is 1. The van der Waals surface area contributed by atoms with Gasteiger partial charge in [0, 0.05) is 31.2 Å². The molecule has 2 atom stereocenters. The average molecular weight is 332 g/mol. The fourth-order valence-electron chi connectivity index (χ4n) is 3.07. The minimum Gasteiger partial charge on any atom is -0.480 e. The Morgan fingerprint density at radius 3 is 2.96 bits per heavy atom. The normalized spacial score (nSPS) is 19.2. The van der Waals surface area contributed by atoms with E-state index in [1.54, 1.807) is 17.8 Å². The van der Waals surface area contributed by atoms with Gasteiger partial charge in [0.1, 0.15) is 6.04 Å². The molecule has 0 radical (unpaired) electrons. The van der Waals surface area contributed by atoms with Crippen LogP contribution in [0.25, 0.3) is 11.0 Å². The molecule has 8 nitrogen and oxygen atoms in total. The molecule has 2 aromatic heterocycles. The second-order valence-corrected chi connectivity index (χ2v) is 6.07. The van der Waals surface area contributed by atoms with E-state index in [9.17, 15) is 14.7 Å². The van der Waals surface area contributed by atoms with Crippen LogP contribution in [0.4, 0.5) is 0 Å². The van der Waals surface area contributed by atoms with E-state index in [4.69, 9.17) is 4.74 Å². The number of hydrogen-bond donors (Lipinski definition) is 2. The maximum Gasteiger partial charge on any atom is 0.326 e. The molecule has 3 rings (SSSR count). The van der Waals surface area contributed by atoms with Crippen LogP contribution in [0, 0.1) is 12.8 Å². The van der Waals surface area contributed by atoms with Gasteiger partial charge >= 0.3 is 5.97 Å². The van der Waals surface area contributed by atoms with Crippen molar-refractivity contribution in [1.82, 2.24) is 20.1 Å². The van der Waals surface area contributed by atoms with Crippen LogP contribution in [0.3, 0.4) is 0 Å². The first-order chi connectivity index (χ1) is 11.5. The van der Waals surface area contributed by atoms with Crippen LogP contribution in [0.5, 0.6) is 0 Å². The van der Waals surface area contributed by atoms with Crippen LogP contribution in [0.15, 0.2) is 12.3 Å². The number of pyridine rings is 1. The van der Waals surface area contributed by atoms with E-state index in [-0.39, 0.29) is 5.92 Å². The van der Waals surface area contributed by atoms with Gasteiger partial charge in [-0.15, -0.1) is 0 Å². The number of aryl methyl sites for hydroxylation is 2. The molecule has 8 heteroatoms. The van der Waals surface area contributed by atoms with Crippen LogP contribution >= 0.6 is 0 Å². The molecular formula is C16H20N4O4. The van der Waals surface area contributed by atoms with Crippen molar-refractivity contribution >= 4 is 22.9 Å². The van der Waals surface area contributed by atoms with E-state index in [2.05, 4.69) is 15.4 Å². The molecule has 2 aromatic rings. The highest BCUT2D eigenvalue weighted by atomic mass is 16.5. The third-order valence-corrected chi connectivity index (χ3v) is 4.34. The maximum atomic E-state index is 12.5. The molecule has 3 heterocycles. The van der Waals surface area contributed by atoms with Crippen LogP contribution < -0.4 is 5.32 Å². The summed E-state index contributed by atoms with van der Waals surface area (Å²) in [5, 5.41) is 17.1. The number of rotatable bonds is 4. The van der Waals surface area contributed by atoms with E-state index in [1.165, 1.54) is 6.20 Å². The van der Waals surface area contributed by atoms with Gasteiger partial charge in [0.2, 0.25) is 0 Å². The number of amides is 1. The van der Waals surface area contributed by atoms with Crippen molar-refractivity contribution in [2.75, 3.05) is 13.2 Å². The molecule has 0 aliphatic carbocycles. The van der Waals surface area contributed by atoms with Crippen molar-refractivity contribution in [3.63, 3.8) is 0 Å². The fraction of sp³-hybridized carbons (Fsp3) is 0.500. The topological polar surface area (TPSA) is 106 Å². The number of aromatic nitrogens is 3. The first kappa shape index (κ1) is 16.4. The average Bonchev–Trinajstić information content (AvgIpc) is 2.87. The number of carbonyl (C=O) groups is 2. The monoisotopic (exact) mass is 332 g/mol. The molecule has 0 spiro atoms. The molecule has 128 valence electrons. The fourth-order valence-corrected chi connectivity index (χ4v) is 3.07. The van der Waals surface area contributed by atoms with Crippen molar-refractivity contribution in [2.24, 2.45) is 13.0 Å². The summed E-state index contributed by atoms with van der Waals surface area (Å²) in [6, 6.07) is 0.722. The summed E-state index contributed by atoms with van der Waals surface area (Å²) in [5.41, 5.74) is 1.77. The van der Waals surface area contributed by atoms with Crippen LogP contribution in [-0.4, -0.2) is 51.0 Å². The summed E-state index contributed by atoms with van der Waals surface area (Å²) in [6.07, 6.45) is 2.96. The van der Waals surface area contributed by atoms with Crippen LogP contribution in [0.1, 0.15) is 28.9 Å². The van der Waals surface area contributed by atoms with Crippen molar-refractivity contribution in [3.8, 4) is 0 Å². The lowest BCUT2D eigenvalue weighted by atomic mass is 9.93. The molecule has 0 aromatic carbocycles. The molecule has 2 unspecified atom stereocenters. The number of aliphatic carboxylic acids is 1. The van der Waals surface area contributed by atoms with Gasteiger partial charge < -0.3 is 15.2 Å². The molecule has 0 saturated carbocycles. The standard InChI is InChI=1S/C16H20N4O4/c1-9-12-6-11(7-17-14(12)20(2)19-9)15(21)18-13(16(22)23)10-4-3-5-24-8-10/h6-7,10,13H,3-5,8H2,1-2H3,(H,18,21)(H,22,23). The molecule has 0 bridgehead atoms. The third-order valence-electron chi connectivity index (χ3n) is 4.34. The van der Waals surface area contributed by atoms with Gasteiger partial charge in [-0.1, -0.05) is 0 Å². The summed E-state index contributed by atoms with van der Waals surface area (Å²) in [7, 11) is 1.78. The van der Waals surface area contributed by atoms with Gasteiger partial charge in [0.05, 0.1) is 17.9 Å². The van der Waals surface area contributed by atoms with Gasteiger partial charge in [-0.05, 0) is 25.8 Å². The number of nitrogens with zero attached hydrogens (tertiary/aromatic N) is 3. The Kier molecular flexibility index (Phi) is 4.48. The van der Waals surface area contributed by atoms with Gasteiger partial charge in [-0.3, -0.25) is 9.48 Å². The summed E-state index contributed by atoms with van der Waals surface area (Å²) in [4.78, 5) is 28.3. The molecule has 24 heavy (non-hydrogen) atoms.